The summed E-state index contributed by atoms with van der Waals surface area (Å²) in [7, 11) is -3.86. The van der Waals surface area contributed by atoms with E-state index in [0.29, 0.717) is 0 Å². The summed E-state index contributed by atoms with van der Waals surface area (Å²) in [5.74, 6) is 0. The first-order chi connectivity index (χ1) is 9.32. The van der Waals surface area contributed by atoms with E-state index < -0.39 is 14.9 Å². The summed E-state index contributed by atoms with van der Waals surface area (Å²) in [5, 5.41) is 10.7. The van der Waals surface area contributed by atoms with Gasteiger partial charge in [-0.05, 0) is 13.0 Å². The Morgan fingerprint density at radius 3 is 2.80 bits per heavy atom. The van der Waals surface area contributed by atoms with Gasteiger partial charge in [-0.1, -0.05) is 11.6 Å². The Morgan fingerprint density at radius 2 is 2.20 bits per heavy atom. The van der Waals surface area contributed by atoms with Crippen molar-refractivity contribution >= 4 is 27.3 Å². The minimum absolute atomic E-state index is 0.0326. The molecule has 1 aromatic rings. The van der Waals surface area contributed by atoms with Crippen LogP contribution in [0.3, 0.4) is 0 Å². The van der Waals surface area contributed by atoms with Crippen molar-refractivity contribution in [3.63, 3.8) is 0 Å². The zero-order valence-electron chi connectivity index (χ0n) is 10.7. The van der Waals surface area contributed by atoms with Gasteiger partial charge in [0.2, 0.25) is 10.0 Å². The van der Waals surface area contributed by atoms with Gasteiger partial charge in [0.1, 0.15) is 4.90 Å². The molecule has 0 aromatic heterocycles. The van der Waals surface area contributed by atoms with E-state index in [1.165, 1.54) is 16.4 Å². The van der Waals surface area contributed by atoms with Crippen LogP contribution in [-0.4, -0.2) is 43.4 Å². The summed E-state index contributed by atoms with van der Waals surface area (Å²) >= 11 is 5.88. The van der Waals surface area contributed by atoms with Gasteiger partial charge in [-0.25, -0.2) is 8.42 Å². The second-order valence-corrected chi connectivity index (χ2v) is 6.73. The lowest BCUT2D eigenvalue weighted by Gasteiger charge is -2.30. The minimum Gasteiger partial charge on any atom is -0.376 e. The first-order valence-electron chi connectivity index (χ1n) is 5.88. The number of benzene rings is 1. The molecule has 9 heteroatoms. The number of ether oxygens (including phenoxy) is 1. The largest absolute Gasteiger partial charge is 0.376 e. The van der Waals surface area contributed by atoms with Gasteiger partial charge >= 0.3 is 0 Å². The van der Waals surface area contributed by atoms with Gasteiger partial charge in [-0.15, -0.1) is 0 Å². The Balaban J connectivity index is 2.43. The molecule has 1 aromatic carbocycles. The molecule has 0 aliphatic carbocycles. The molecule has 0 amide bonds. The van der Waals surface area contributed by atoms with Crippen LogP contribution in [0.2, 0.25) is 5.02 Å². The molecule has 1 fully saturated rings. The van der Waals surface area contributed by atoms with Gasteiger partial charge in [-0.3, -0.25) is 10.1 Å². The summed E-state index contributed by atoms with van der Waals surface area (Å²) in [5.41, 5.74) is -0.311. The molecule has 1 aliphatic rings. The van der Waals surface area contributed by atoms with E-state index in [9.17, 15) is 18.5 Å². The van der Waals surface area contributed by atoms with Crippen LogP contribution in [0.1, 0.15) is 6.92 Å². The van der Waals surface area contributed by atoms with Gasteiger partial charge < -0.3 is 4.74 Å². The maximum absolute atomic E-state index is 12.5. The first kappa shape index (κ1) is 15.2. The van der Waals surface area contributed by atoms with E-state index >= 15 is 0 Å². The highest BCUT2D eigenvalue weighted by Crippen LogP contribution is 2.29. The number of nitro benzene ring substituents is 1. The number of sulfonamides is 1. The molecule has 1 atom stereocenters. The minimum atomic E-state index is -3.86. The lowest BCUT2D eigenvalue weighted by atomic mass is 10.3. The molecule has 0 N–H and O–H groups in total. The molecule has 1 saturated heterocycles. The van der Waals surface area contributed by atoms with Crippen molar-refractivity contribution < 1.29 is 18.1 Å². The maximum atomic E-state index is 12.5. The quantitative estimate of drug-likeness (QED) is 0.624. The second-order valence-electron chi connectivity index (χ2n) is 4.42. The van der Waals surface area contributed by atoms with Crippen LogP contribution in [0.4, 0.5) is 5.69 Å². The van der Waals surface area contributed by atoms with Crippen molar-refractivity contribution in [1.29, 1.82) is 0 Å². The molecular weight excluding hydrogens is 308 g/mol. The van der Waals surface area contributed by atoms with Crippen LogP contribution < -0.4 is 0 Å². The van der Waals surface area contributed by atoms with Crippen molar-refractivity contribution in [1.82, 2.24) is 4.31 Å². The fraction of sp³-hybridized carbons (Fsp3) is 0.455. The molecule has 0 radical (unpaired) electrons. The highest BCUT2D eigenvalue weighted by Gasteiger charge is 2.31. The first-order valence-corrected chi connectivity index (χ1v) is 7.70. The number of morpholine rings is 1. The summed E-state index contributed by atoms with van der Waals surface area (Å²) in [6.07, 6.45) is -0.226. The van der Waals surface area contributed by atoms with Gasteiger partial charge in [0.05, 0.1) is 22.7 Å². The highest BCUT2D eigenvalue weighted by atomic mass is 35.5. The number of non-ortho nitro benzene ring substituents is 1. The Labute approximate surface area is 121 Å². The van der Waals surface area contributed by atoms with Crippen molar-refractivity contribution in [2.75, 3.05) is 19.7 Å². The molecule has 2 rings (SSSR count). The molecule has 0 spiro atoms. The fourth-order valence-corrected chi connectivity index (χ4v) is 3.94. The number of rotatable bonds is 3. The number of halogens is 1. The number of hydrogen-bond donors (Lipinski definition) is 0. The highest BCUT2D eigenvalue weighted by molar-refractivity contribution is 7.89. The van der Waals surface area contributed by atoms with Crippen LogP contribution in [0.25, 0.3) is 0 Å². The molecule has 1 aliphatic heterocycles. The third-order valence-electron chi connectivity index (χ3n) is 2.95. The van der Waals surface area contributed by atoms with Crippen molar-refractivity contribution in [2.45, 2.75) is 17.9 Å². The average Bonchev–Trinajstić information content (AvgIpc) is 2.38. The standard InChI is InChI=1S/C11H13ClN2O5S/c1-8-7-13(4-5-19-8)20(17,18)11-6-9(14(15)16)2-3-10(11)12/h2-3,6,8H,4-5,7H2,1H3. The Hall–Kier alpha value is -1.22. The normalized spacial score (nSPS) is 20.8. The second kappa shape index (κ2) is 5.65. The lowest BCUT2D eigenvalue weighted by molar-refractivity contribution is -0.385. The molecule has 110 valence electrons. The fourth-order valence-electron chi connectivity index (χ4n) is 1.95. The number of hydrogen-bond acceptors (Lipinski definition) is 5. The zero-order chi connectivity index (χ0) is 14.9. The average molecular weight is 321 g/mol. The zero-order valence-corrected chi connectivity index (χ0v) is 12.2. The summed E-state index contributed by atoms with van der Waals surface area (Å²) in [6, 6.07) is 3.37. The van der Waals surface area contributed by atoms with Crippen LogP contribution in [0.5, 0.6) is 0 Å². The molecule has 20 heavy (non-hydrogen) atoms. The van der Waals surface area contributed by atoms with Gasteiger partial charge in [-0.2, -0.15) is 4.31 Å². The Bertz CT molecular complexity index is 634. The molecule has 1 heterocycles. The van der Waals surface area contributed by atoms with E-state index in [4.69, 9.17) is 16.3 Å². The monoisotopic (exact) mass is 320 g/mol. The van der Waals surface area contributed by atoms with E-state index in [1.807, 2.05) is 0 Å². The molecule has 1 unspecified atom stereocenters. The smallest absolute Gasteiger partial charge is 0.270 e. The Kier molecular flexibility index (Phi) is 4.28. The maximum Gasteiger partial charge on any atom is 0.270 e. The van der Waals surface area contributed by atoms with Gasteiger partial charge in [0.25, 0.3) is 5.69 Å². The van der Waals surface area contributed by atoms with Crippen molar-refractivity contribution in [3.8, 4) is 0 Å². The third-order valence-corrected chi connectivity index (χ3v) is 5.29. The van der Waals surface area contributed by atoms with E-state index in [-0.39, 0.29) is 41.4 Å². The lowest BCUT2D eigenvalue weighted by Crippen LogP contribution is -2.44. The third kappa shape index (κ3) is 2.93. The summed E-state index contributed by atoms with van der Waals surface area (Å²) in [4.78, 5) is 9.85. The van der Waals surface area contributed by atoms with E-state index in [0.717, 1.165) is 6.07 Å². The van der Waals surface area contributed by atoms with Crippen molar-refractivity contribution in [2.24, 2.45) is 0 Å². The number of nitro groups is 1. The van der Waals surface area contributed by atoms with Crippen LogP contribution in [0.15, 0.2) is 23.1 Å². The van der Waals surface area contributed by atoms with E-state index in [2.05, 4.69) is 0 Å². The SMILES string of the molecule is CC1CN(S(=O)(=O)c2cc([N+](=O)[O-])ccc2Cl)CCO1. The molecule has 7 nitrogen and oxygen atoms in total. The molecule has 0 bridgehead atoms. The predicted octanol–water partition coefficient (Wildman–Crippen LogP) is 1.66. The molecular formula is C11H13ClN2O5S. The topological polar surface area (TPSA) is 89.8 Å². The van der Waals surface area contributed by atoms with E-state index in [1.54, 1.807) is 6.92 Å². The summed E-state index contributed by atoms with van der Waals surface area (Å²) in [6.45, 7) is 2.44. The van der Waals surface area contributed by atoms with Crippen LogP contribution >= 0.6 is 11.6 Å². The molecule has 0 saturated carbocycles. The summed E-state index contributed by atoms with van der Waals surface area (Å²) < 4.78 is 31.5. The van der Waals surface area contributed by atoms with Crippen LogP contribution in [0, 0.1) is 10.1 Å². The van der Waals surface area contributed by atoms with Crippen LogP contribution in [-0.2, 0) is 14.8 Å². The Morgan fingerprint density at radius 1 is 1.50 bits per heavy atom. The van der Waals surface area contributed by atoms with Gasteiger partial charge in [0.15, 0.2) is 0 Å². The van der Waals surface area contributed by atoms with Gasteiger partial charge in [0, 0.05) is 25.2 Å². The number of nitrogens with zero attached hydrogens (tertiary/aromatic N) is 2. The predicted molar refractivity (Wildman–Crippen MR) is 72.3 cm³/mol. The van der Waals surface area contributed by atoms with Crippen molar-refractivity contribution in [3.05, 3.63) is 33.3 Å².